The lowest BCUT2D eigenvalue weighted by Crippen LogP contribution is -2.25. The number of aliphatic carboxylic acids is 1. The van der Waals surface area contributed by atoms with E-state index in [0.29, 0.717) is 22.0 Å². The highest BCUT2D eigenvalue weighted by molar-refractivity contribution is 6.55. The van der Waals surface area contributed by atoms with Crippen molar-refractivity contribution in [2.24, 2.45) is 4.99 Å². The van der Waals surface area contributed by atoms with Crippen molar-refractivity contribution in [1.82, 2.24) is 9.97 Å². The molecule has 0 fully saturated rings. The molecule has 0 saturated carbocycles. The number of fused-ring (bicyclic) bond motifs is 1. The van der Waals surface area contributed by atoms with Crippen LogP contribution in [-0.2, 0) is 16.0 Å². The number of amides is 1. The molecular weight excluding hydrogens is 308 g/mol. The first kappa shape index (κ1) is 14.3. The zero-order chi connectivity index (χ0) is 15.7. The van der Waals surface area contributed by atoms with Gasteiger partial charge in [-0.15, -0.1) is 0 Å². The minimum Gasteiger partial charge on any atom is -0.480 e. The summed E-state index contributed by atoms with van der Waals surface area (Å²) in [6.07, 6.45) is 3.09. The average Bonchev–Trinajstić information content (AvgIpc) is 3.08. The van der Waals surface area contributed by atoms with E-state index in [0.717, 1.165) is 0 Å². The van der Waals surface area contributed by atoms with E-state index < -0.39 is 17.9 Å². The zero-order valence-corrected chi connectivity index (χ0v) is 12.0. The minimum atomic E-state index is -1.12. The number of para-hydroxylation sites is 1. The fourth-order valence-electron chi connectivity index (χ4n) is 2.22. The third-order valence-corrected chi connectivity index (χ3v) is 3.58. The fraction of sp³-hybridized carbons (Fsp3) is 0.143. The average molecular weight is 319 g/mol. The molecule has 1 aromatic carbocycles. The Labute approximate surface area is 130 Å². The van der Waals surface area contributed by atoms with Crippen LogP contribution in [0, 0.1) is 0 Å². The first-order valence-corrected chi connectivity index (χ1v) is 6.82. The number of anilines is 1. The lowest BCUT2D eigenvalue weighted by molar-refractivity contribution is -0.138. The van der Waals surface area contributed by atoms with Crippen LogP contribution < -0.4 is 5.32 Å². The Kier molecular flexibility index (Phi) is 3.64. The lowest BCUT2D eigenvalue weighted by Gasteiger charge is -2.07. The van der Waals surface area contributed by atoms with Crippen LogP contribution in [0.3, 0.4) is 0 Å². The Morgan fingerprint density at radius 2 is 2.27 bits per heavy atom. The molecule has 0 aliphatic carbocycles. The Morgan fingerprint density at radius 3 is 2.95 bits per heavy atom. The minimum absolute atomic E-state index is 0.0735. The summed E-state index contributed by atoms with van der Waals surface area (Å²) in [6.45, 7) is 0. The summed E-state index contributed by atoms with van der Waals surface area (Å²) in [7, 11) is 0. The van der Waals surface area contributed by atoms with Crippen molar-refractivity contribution in [2.75, 3.05) is 5.32 Å². The van der Waals surface area contributed by atoms with Crippen LogP contribution in [0.4, 0.5) is 5.69 Å². The topological polar surface area (TPSA) is 107 Å². The van der Waals surface area contributed by atoms with Crippen LogP contribution in [0.5, 0.6) is 0 Å². The number of carboxylic acids is 1. The van der Waals surface area contributed by atoms with Crippen LogP contribution in [0.15, 0.2) is 35.7 Å². The number of aromatic nitrogens is 2. The molecule has 0 radical (unpaired) electrons. The number of benzene rings is 1. The number of carbonyl (C=O) groups is 2. The standard InChI is InChI=1S/C14H11ClN4O3/c15-9-3-1-2-8-11(9)19-13(20)12(8)18-10(14(21)22)4-7-5-16-6-17-7/h1-3,5-6,10H,4H2,(H,16,17)(H,21,22)(H,18,19,20)/t10-/m0/s1. The van der Waals surface area contributed by atoms with E-state index in [-0.39, 0.29) is 12.1 Å². The molecule has 112 valence electrons. The number of aliphatic imine (C=N–C) groups is 1. The number of aromatic amines is 1. The Morgan fingerprint density at radius 1 is 1.45 bits per heavy atom. The van der Waals surface area contributed by atoms with Crippen LogP contribution in [0.2, 0.25) is 5.02 Å². The summed E-state index contributed by atoms with van der Waals surface area (Å²) in [5.41, 5.74) is 1.66. The number of rotatable bonds is 4. The summed E-state index contributed by atoms with van der Waals surface area (Å²) >= 11 is 6.02. The van der Waals surface area contributed by atoms with Gasteiger partial charge in [0.15, 0.2) is 6.04 Å². The predicted molar refractivity (Wildman–Crippen MR) is 80.3 cm³/mol. The highest BCUT2D eigenvalue weighted by Gasteiger charge is 2.30. The number of hydrogen-bond acceptors (Lipinski definition) is 4. The SMILES string of the molecule is O=C1Nc2c(Cl)cccc2C1=N[C@@H](Cc1cnc[nH]1)C(=O)O. The van der Waals surface area contributed by atoms with Crippen molar-refractivity contribution in [1.29, 1.82) is 0 Å². The van der Waals surface area contributed by atoms with Gasteiger partial charge in [-0.3, -0.25) is 9.79 Å². The van der Waals surface area contributed by atoms with Gasteiger partial charge in [0.1, 0.15) is 5.71 Å². The number of halogens is 1. The van der Waals surface area contributed by atoms with Gasteiger partial charge >= 0.3 is 5.97 Å². The zero-order valence-electron chi connectivity index (χ0n) is 11.2. The summed E-state index contributed by atoms with van der Waals surface area (Å²) < 4.78 is 0. The van der Waals surface area contributed by atoms with Gasteiger partial charge in [0.25, 0.3) is 5.91 Å². The molecular formula is C14H11ClN4O3. The number of nitrogens with zero attached hydrogens (tertiary/aromatic N) is 2. The number of hydrogen-bond donors (Lipinski definition) is 3. The summed E-state index contributed by atoms with van der Waals surface area (Å²) in [5, 5.41) is 12.3. The Balaban J connectivity index is 1.97. The molecule has 3 N–H and O–H groups in total. The summed E-state index contributed by atoms with van der Waals surface area (Å²) in [5.74, 6) is -1.58. The number of nitrogens with one attached hydrogen (secondary N) is 2. The molecule has 0 bridgehead atoms. The van der Waals surface area contributed by atoms with Gasteiger partial charge in [-0.1, -0.05) is 23.7 Å². The molecule has 2 heterocycles. The second-order valence-electron chi connectivity index (χ2n) is 4.73. The maximum atomic E-state index is 12.0. The van der Waals surface area contributed by atoms with Gasteiger partial charge in [0.05, 0.1) is 17.0 Å². The largest absolute Gasteiger partial charge is 0.480 e. The number of H-pyrrole nitrogens is 1. The van der Waals surface area contributed by atoms with Gasteiger partial charge in [-0.05, 0) is 6.07 Å². The number of imidazole rings is 1. The maximum Gasteiger partial charge on any atom is 0.328 e. The normalized spacial score (nSPS) is 16.4. The molecule has 7 nitrogen and oxygen atoms in total. The monoisotopic (exact) mass is 318 g/mol. The smallest absolute Gasteiger partial charge is 0.328 e. The Hall–Kier alpha value is -2.67. The molecule has 2 aromatic rings. The quantitative estimate of drug-likeness (QED) is 0.794. The third kappa shape index (κ3) is 2.58. The first-order valence-electron chi connectivity index (χ1n) is 6.44. The van der Waals surface area contributed by atoms with Gasteiger partial charge in [-0.25, -0.2) is 9.78 Å². The van der Waals surface area contributed by atoms with E-state index in [1.54, 1.807) is 18.2 Å². The highest BCUT2D eigenvalue weighted by Crippen LogP contribution is 2.31. The van der Waals surface area contributed by atoms with E-state index >= 15 is 0 Å². The van der Waals surface area contributed by atoms with Crippen LogP contribution in [0.1, 0.15) is 11.3 Å². The number of carboxylic acid groups (broad SMARTS) is 1. The van der Waals surface area contributed by atoms with E-state index in [4.69, 9.17) is 11.6 Å². The van der Waals surface area contributed by atoms with Crippen molar-refractivity contribution in [2.45, 2.75) is 12.5 Å². The molecule has 0 spiro atoms. The van der Waals surface area contributed by atoms with Gasteiger partial charge in [0, 0.05) is 23.9 Å². The van der Waals surface area contributed by atoms with Crippen molar-refractivity contribution in [3.8, 4) is 0 Å². The predicted octanol–water partition coefficient (Wildman–Crippen LogP) is 1.50. The molecule has 0 unspecified atom stereocenters. The molecule has 8 heteroatoms. The lowest BCUT2D eigenvalue weighted by atomic mass is 10.1. The third-order valence-electron chi connectivity index (χ3n) is 3.26. The van der Waals surface area contributed by atoms with Gasteiger partial charge in [-0.2, -0.15) is 0 Å². The molecule has 1 atom stereocenters. The van der Waals surface area contributed by atoms with E-state index in [9.17, 15) is 14.7 Å². The van der Waals surface area contributed by atoms with Crippen molar-refractivity contribution < 1.29 is 14.7 Å². The van der Waals surface area contributed by atoms with Crippen LogP contribution in [0.25, 0.3) is 0 Å². The summed E-state index contributed by atoms with van der Waals surface area (Å²) in [6, 6.07) is 3.91. The molecule has 22 heavy (non-hydrogen) atoms. The van der Waals surface area contributed by atoms with E-state index in [2.05, 4.69) is 20.3 Å². The van der Waals surface area contributed by atoms with E-state index in [1.165, 1.54) is 12.5 Å². The molecule has 1 aromatic heterocycles. The Bertz CT molecular complexity index is 770. The van der Waals surface area contributed by atoms with Crippen LogP contribution in [-0.4, -0.2) is 38.7 Å². The highest BCUT2D eigenvalue weighted by atomic mass is 35.5. The van der Waals surface area contributed by atoms with Crippen molar-refractivity contribution in [3.05, 3.63) is 47.0 Å². The number of carbonyl (C=O) groups excluding carboxylic acids is 1. The van der Waals surface area contributed by atoms with E-state index in [1.807, 2.05) is 0 Å². The fourth-order valence-corrected chi connectivity index (χ4v) is 2.44. The van der Waals surface area contributed by atoms with Crippen molar-refractivity contribution in [3.63, 3.8) is 0 Å². The summed E-state index contributed by atoms with van der Waals surface area (Å²) in [4.78, 5) is 34.2. The second kappa shape index (κ2) is 5.61. The molecule has 1 aliphatic rings. The molecule has 3 rings (SSSR count). The van der Waals surface area contributed by atoms with Gasteiger partial charge < -0.3 is 15.4 Å². The first-order chi connectivity index (χ1) is 10.6. The molecule has 1 amide bonds. The molecule has 0 saturated heterocycles. The van der Waals surface area contributed by atoms with Crippen molar-refractivity contribution >= 4 is 34.9 Å². The second-order valence-corrected chi connectivity index (χ2v) is 5.14. The maximum absolute atomic E-state index is 12.0. The van der Waals surface area contributed by atoms with Gasteiger partial charge in [0.2, 0.25) is 0 Å². The van der Waals surface area contributed by atoms with Crippen LogP contribution >= 0.6 is 11.6 Å². The molecule has 1 aliphatic heterocycles.